The summed E-state index contributed by atoms with van der Waals surface area (Å²) in [5.74, 6) is -2.09. The van der Waals surface area contributed by atoms with Crippen molar-refractivity contribution in [1.82, 2.24) is 0 Å². The van der Waals surface area contributed by atoms with E-state index in [1.54, 1.807) is 12.1 Å². The molecule has 0 amide bonds. The van der Waals surface area contributed by atoms with Gasteiger partial charge in [0, 0.05) is 27.7 Å². The summed E-state index contributed by atoms with van der Waals surface area (Å²) in [4.78, 5) is 37.1. The average Bonchev–Trinajstić information content (AvgIpc) is 2.62. The standard InChI is InChI=1S/C17H10BrN3O5/c18-12-5-1-10(2-6-12)14(22)9-15(23)16(20-19)17(24)11-3-7-13(8-4-11)21(25)26/h1-8H,9H2/p+1. The highest BCUT2D eigenvalue weighted by molar-refractivity contribution is 9.10. The number of carbonyl (C=O) groups excluding carboxylic acids is 2. The smallest absolute Gasteiger partial charge is 0.469 e. The Morgan fingerprint density at radius 2 is 1.62 bits per heavy atom. The van der Waals surface area contributed by atoms with Gasteiger partial charge in [0.25, 0.3) is 11.5 Å². The van der Waals surface area contributed by atoms with Gasteiger partial charge in [-0.25, -0.2) is 0 Å². The predicted octanol–water partition coefficient (Wildman–Crippen LogP) is 4.28. The molecule has 2 aromatic rings. The van der Waals surface area contributed by atoms with E-state index >= 15 is 0 Å². The van der Waals surface area contributed by atoms with Gasteiger partial charge in [-0.05, 0) is 24.3 Å². The Balaban J connectivity index is 2.25. The molecule has 0 aliphatic rings. The van der Waals surface area contributed by atoms with Crippen LogP contribution in [0.5, 0.6) is 0 Å². The fourth-order valence-corrected chi connectivity index (χ4v) is 2.34. The van der Waals surface area contributed by atoms with Crippen molar-refractivity contribution < 1.29 is 19.6 Å². The maximum Gasteiger partial charge on any atom is 0.469 e. The third kappa shape index (κ3) is 4.37. The summed E-state index contributed by atoms with van der Waals surface area (Å²) in [6.45, 7) is 0. The van der Waals surface area contributed by atoms with Gasteiger partial charge < -0.3 is 5.11 Å². The van der Waals surface area contributed by atoms with E-state index in [-0.39, 0.29) is 16.8 Å². The van der Waals surface area contributed by atoms with Gasteiger partial charge in [0.1, 0.15) is 0 Å². The van der Waals surface area contributed by atoms with Crippen LogP contribution in [0.15, 0.2) is 58.7 Å². The van der Waals surface area contributed by atoms with Gasteiger partial charge in [0.15, 0.2) is 10.8 Å². The number of nitrogens with zero attached hydrogens (tertiary/aromatic N) is 3. The van der Waals surface area contributed by atoms with Crippen molar-refractivity contribution in [3.8, 4) is 0 Å². The number of allylic oxidation sites excluding steroid dienone is 1. The first-order valence-corrected chi connectivity index (χ1v) is 7.98. The molecule has 0 spiro atoms. The Hall–Kier alpha value is -3.38. The molecule has 0 radical (unpaired) electrons. The van der Waals surface area contributed by atoms with Gasteiger partial charge in [-0.2, -0.15) is 0 Å². The maximum absolute atomic E-state index is 12.2. The van der Waals surface area contributed by atoms with E-state index in [9.17, 15) is 24.8 Å². The predicted molar refractivity (Wildman–Crippen MR) is 95.8 cm³/mol. The van der Waals surface area contributed by atoms with E-state index in [2.05, 4.69) is 20.9 Å². The van der Waals surface area contributed by atoms with Crippen LogP contribution in [0.1, 0.15) is 22.3 Å². The van der Waals surface area contributed by atoms with Gasteiger partial charge in [-0.3, -0.25) is 19.7 Å². The van der Waals surface area contributed by atoms with Crippen molar-refractivity contribution in [1.29, 1.82) is 5.39 Å². The normalized spacial score (nSPS) is 11.2. The van der Waals surface area contributed by atoms with Gasteiger partial charge in [-0.15, -0.1) is 0 Å². The summed E-state index contributed by atoms with van der Waals surface area (Å²) in [5.41, 5.74) is -0.591. The van der Waals surface area contributed by atoms with E-state index in [4.69, 9.17) is 5.39 Å². The fourth-order valence-electron chi connectivity index (χ4n) is 2.08. The zero-order valence-electron chi connectivity index (χ0n) is 13.1. The minimum Gasteiger partial charge on any atom is -0.501 e. The Kier molecular flexibility index (Phi) is 5.93. The van der Waals surface area contributed by atoms with Gasteiger partial charge in [0.2, 0.25) is 11.2 Å². The molecule has 130 valence electrons. The molecule has 8 nitrogen and oxygen atoms in total. The summed E-state index contributed by atoms with van der Waals surface area (Å²) in [5, 5.41) is 29.8. The number of Topliss-reactive ketones (excluding diaryl/α,β-unsaturated/α-hetero) is 2. The summed E-state index contributed by atoms with van der Waals surface area (Å²) in [7, 11) is 0. The highest BCUT2D eigenvalue weighted by atomic mass is 79.9. The monoisotopic (exact) mass is 416 g/mol. The van der Waals surface area contributed by atoms with Crippen LogP contribution in [0.3, 0.4) is 0 Å². The molecule has 2 aromatic carbocycles. The van der Waals surface area contributed by atoms with Crippen LogP contribution in [0.4, 0.5) is 5.69 Å². The van der Waals surface area contributed by atoms with E-state index in [0.29, 0.717) is 0 Å². The van der Waals surface area contributed by atoms with Crippen LogP contribution < -0.4 is 0 Å². The van der Waals surface area contributed by atoms with Crippen molar-refractivity contribution in [2.45, 2.75) is 6.42 Å². The van der Waals surface area contributed by atoms with E-state index in [1.165, 1.54) is 24.3 Å². The lowest BCUT2D eigenvalue weighted by atomic mass is 10.0. The molecule has 0 aliphatic heterocycles. The van der Waals surface area contributed by atoms with Crippen LogP contribution in [0, 0.1) is 15.5 Å². The van der Waals surface area contributed by atoms with Crippen molar-refractivity contribution in [2.75, 3.05) is 0 Å². The van der Waals surface area contributed by atoms with Crippen molar-refractivity contribution in [2.24, 2.45) is 0 Å². The molecule has 0 aromatic heterocycles. The van der Waals surface area contributed by atoms with E-state index < -0.39 is 34.4 Å². The van der Waals surface area contributed by atoms with E-state index in [0.717, 1.165) is 16.6 Å². The minimum atomic E-state index is -0.892. The summed E-state index contributed by atoms with van der Waals surface area (Å²) in [6, 6.07) is 11.0. The molecule has 26 heavy (non-hydrogen) atoms. The largest absolute Gasteiger partial charge is 0.501 e. The molecule has 9 heteroatoms. The van der Waals surface area contributed by atoms with Gasteiger partial charge in [0.05, 0.1) is 11.3 Å². The number of benzene rings is 2. The number of aliphatic hydroxyl groups excluding tert-OH is 1. The molecular formula is C17H11BrN3O5+. The average molecular weight is 417 g/mol. The number of ketones is 2. The molecule has 2 rings (SSSR count). The quantitative estimate of drug-likeness (QED) is 0.142. The van der Waals surface area contributed by atoms with Crippen LogP contribution in [-0.4, -0.2) is 21.6 Å². The SMILES string of the molecule is N#[N+]C(C(=O)CC(=O)c1ccc(Br)cc1)=C(O)c1ccc([N+](=O)[O-])cc1. The fraction of sp³-hybridized carbons (Fsp3) is 0.0588. The summed E-state index contributed by atoms with van der Waals surface area (Å²) in [6.07, 6.45) is -0.613. The maximum atomic E-state index is 12.2. The molecule has 0 unspecified atom stereocenters. The molecule has 0 bridgehead atoms. The van der Waals surface area contributed by atoms with Crippen molar-refractivity contribution in [3.05, 3.63) is 84.9 Å². The third-order valence-electron chi connectivity index (χ3n) is 3.43. The van der Waals surface area contributed by atoms with Crippen molar-refractivity contribution >= 4 is 38.9 Å². The summed E-state index contributed by atoms with van der Waals surface area (Å²) >= 11 is 3.23. The Labute approximate surface area is 155 Å². The highest BCUT2D eigenvalue weighted by Crippen LogP contribution is 2.22. The Morgan fingerprint density at radius 1 is 1.08 bits per heavy atom. The second kappa shape index (κ2) is 8.13. The van der Waals surface area contributed by atoms with Crippen LogP contribution in [-0.2, 0) is 4.79 Å². The van der Waals surface area contributed by atoms with E-state index in [1.807, 2.05) is 0 Å². The number of hydrogen-bond acceptors (Lipinski definition) is 6. The second-order valence-corrected chi connectivity index (χ2v) is 6.05. The lowest BCUT2D eigenvalue weighted by Crippen LogP contribution is -2.10. The highest BCUT2D eigenvalue weighted by Gasteiger charge is 2.31. The number of nitro groups is 1. The number of aliphatic hydroxyl groups is 1. The molecule has 0 saturated carbocycles. The lowest BCUT2D eigenvalue weighted by Gasteiger charge is -2.00. The zero-order valence-corrected chi connectivity index (χ0v) is 14.7. The van der Waals surface area contributed by atoms with Gasteiger partial charge >= 0.3 is 5.70 Å². The number of nitro benzene ring substituents is 1. The van der Waals surface area contributed by atoms with Crippen LogP contribution >= 0.6 is 15.9 Å². The first kappa shape index (κ1) is 19.0. The number of diazo groups is 1. The second-order valence-electron chi connectivity index (χ2n) is 5.13. The number of hydrogen-bond donors (Lipinski definition) is 1. The molecular weight excluding hydrogens is 406 g/mol. The first-order chi connectivity index (χ1) is 12.3. The molecule has 1 N–H and O–H groups in total. The number of halogens is 1. The third-order valence-corrected chi connectivity index (χ3v) is 3.96. The number of rotatable bonds is 6. The molecule has 0 fully saturated rings. The summed E-state index contributed by atoms with van der Waals surface area (Å²) < 4.78 is 0.766. The van der Waals surface area contributed by atoms with Crippen LogP contribution in [0.25, 0.3) is 10.7 Å². The molecule has 0 atom stereocenters. The minimum absolute atomic E-state index is 0.0350. The molecule has 0 heterocycles. The molecule has 0 saturated heterocycles. The zero-order chi connectivity index (χ0) is 19.3. The first-order valence-electron chi connectivity index (χ1n) is 7.18. The number of non-ortho nitro benzene ring substituents is 1. The Morgan fingerprint density at radius 3 is 2.12 bits per heavy atom. The lowest BCUT2D eigenvalue weighted by molar-refractivity contribution is -0.384. The van der Waals surface area contributed by atoms with Crippen LogP contribution in [0.2, 0.25) is 0 Å². The number of carbonyl (C=O) groups is 2. The Bertz CT molecular complexity index is 944. The molecule has 0 aliphatic carbocycles. The van der Waals surface area contributed by atoms with Gasteiger partial charge in [-0.1, -0.05) is 28.1 Å². The topological polar surface area (TPSA) is 126 Å². The van der Waals surface area contributed by atoms with Crippen molar-refractivity contribution in [3.63, 3.8) is 0 Å².